The van der Waals surface area contributed by atoms with Crippen molar-refractivity contribution < 1.29 is 36.9 Å². The summed E-state index contributed by atoms with van der Waals surface area (Å²) < 4.78 is 63.0. The maximum Gasteiger partial charge on any atom is 0.417 e. The van der Waals surface area contributed by atoms with Crippen molar-refractivity contribution in [3.8, 4) is 23.0 Å². The van der Waals surface area contributed by atoms with Crippen LogP contribution in [0.25, 0.3) is 0 Å². The van der Waals surface area contributed by atoms with Gasteiger partial charge in [-0.1, -0.05) is 18.2 Å². The smallest absolute Gasteiger partial charge is 0.417 e. The zero-order valence-corrected chi connectivity index (χ0v) is 20.3. The molecule has 0 aromatic heterocycles. The number of amides is 1. The molecule has 3 aromatic rings. The topological polar surface area (TPSA) is 57.2 Å². The molecule has 6 nitrogen and oxygen atoms in total. The maximum atomic E-state index is 13.8. The summed E-state index contributed by atoms with van der Waals surface area (Å²) in [7, 11) is 6.03. The van der Waals surface area contributed by atoms with E-state index >= 15 is 0 Å². The molecule has 4 rings (SSSR count). The average Bonchev–Trinajstić information content (AvgIpc) is 2.90. The number of halogens is 3. The van der Waals surface area contributed by atoms with Crippen LogP contribution in [0.1, 0.15) is 38.7 Å². The van der Waals surface area contributed by atoms with Crippen LogP contribution in [0.3, 0.4) is 0 Å². The average molecular weight is 502 g/mol. The fourth-order valence-corrected chi connectivity index (χ4v) is 4.62. The van der Waals surface area contributed by atoms with Crippen molar-refractivity contribution in [2.24, 2.45) is 0 Å². The summed E-state index contributed by atoms with van der Waals surface area (Å²) in [5.74, 6) is 1.19. The van der Waals surface area contributed by atoms with E-state index in [2.05, 4.69) is 0 Å². The van der Waals surface area contributed by atoms with Gasteiger partial charge in [0.15, 0.2) is 23.0 Å². The molecule has 36 heavy (non-hydrogen) atoms. The van der Waals surface area contributed by atoms with Crippen LogP contribution in [0.4, 0.5) is 13.2 Å². The maximum absolute atomic E-state index is 13.8. The first-order valence-electron chi connectivity index (χ1n) is 11.2. The van der Waals surface area contributed by atoms with Crippen LogP contribution in [0.15, 0.2) is 54.6 Å². The Morgan fingerprint density at radius 2 is 1.44 bits per heavy atom. The molecule has 1 heterocycles. The number of carbonyl (C=O) groups excluding carboxylic acids is 1. The summed E-state index contributed by atoms with van der Waals surface area (Å²) in [4.78, 5) is 15.2. The molecule has 0 aliphatic carbocycles. The molecule has 190 valence electrons. The van der Waals surface area contributed by atoms with Gasteiger partial charge in [0, 0.05) is 6.54 Å². The van der Waals surface area contributed by atoms with E-state index in [1.165, 1.54) is 51.5 Å². The SMILES string of the molecule is COc1ccc(C2c3cc(OC)c(OC)cc3CCN2C(=O)c2ccccc2C(F)(F)F)cc1OC. The zero-order valence-electron chi connectivity index (χ0n) is 20.3. The molecule has 0 fully saturated rings. The standard InChI is InChI=1S/C27H26F3NO5/c1-33-21-10-9-17(14-22(21)34-2)25-19-15-24(36-4)23(35-3)13-16(19)11-12-31(25)26(32)18-7-5-6-8-20(18)27(28,29)30/h5-10,13-15,25H,11-12H2,1-4H3. The van der Waals surface area contributed by atoms with Crippen molar-refractivity contribution >= 4 is 5.91 Å². The van der Waals surface area contributed by atoms with E-state index in [0.29, 0.717) is 35.0 Å². The summed E-state index contributed by atoms with van der Waals surface area (Å²) >= 11 is 0. The highest BCUT2D eigenvalue weighted by Crippen LogP contribution is 2.44. The molecule has 1 atom stereocenters. The van der Waals surface area contributed by atoms with E-state index in [4.69, 9.17) is 18.9 Å². The van der Waals surface area contributed by atoms with Gasteiger partial charge in [0.25, 0.3) is 5.91 Å². The summed E-state index contributed by atoms with van der Waals surface area (Å²) in [5, 5.41) is 0. The fraction of sp³-hybridized carbons (Fsp3) is 0.296. The van der Waals surface area contributed by atoms with Gasteiger partial charge in [0.1, 0.15) is 0 Å². The van der Waals surface area contributed by atoms with E-state index in [1.54, 1.807) is 24.3 Å². The number of benzene rings is 3. The molecule has 1 unspecified atom stereocenters. The van der Waals surface area contributed by atoms with Gasteiger partial charge in [-0.2, -0.15) is 13.2 Å². The molecule has 1 amide bonds. The lowest BCUT2D eigenvalue weighted by Crippen LogP contribution is -2.41. The first-order chi connectivity index (χ1) is 17.2. The first kappa shape index (κ1) is 25.2. The van der Waals surface area contributed by atoms with E-state index < -0.39 is 29.3 Å². The molecule has 3 aromatic carbocycles. The molecule has 0 saturated carbocycles. The molecule has 9 heteroatoms. The van der Waals surface area contributed by atoms with Crippen LogP contribution in [0.2, 0.25) is 0 Å². The highest BCUT2D eigenvalue weighted by Gasteiger charge is 2.39. The second-order valence-corrected chi connectivity index (χ2v) is 8.21. The number of ether oxygens (including phenoxy) is 4. The Labute approximate surface area is 207 Å². The Bertz CT molecular complexity index is 1270. The van der Waals surface area contributed by atoms with Gasteiger partial charge in [-0.25, -0.2) is 0 Å². The Morgan fingerprint density at radius 3 is 2.08 bits per heavy atom. The van der Waals surface area contributed by atoms with Gasteiger partial charge in [-0.15, -0.1) is 0 Å². The lowest BCUT2D eigenvalue weighted by molar-refractivity contribution is -0.138. The quantitative estimate of drug-likeness (QED) is 0.445. The van der Waals surface area contributed by atoms with Gasteiger partial charge >= 0.3 is 6.18 Å². The number of rotatable bonds is 6. The van der Waals surface area contributed by atoms with Crippen molar-refractivity contribution in [1.82, 2.24) is 4.90 Å². The van der Waals surface area contributed by atoms with Crippen LogP contribution < -0.4 is 18.9 Å². The van der Waals surface area contributed by atoms with Gasteiger partial charge in [0.2, 0.25) is 0 Å². The Hall–Kier alpha value is -3.88. The van der Waals surface area contributed by atoms with E-state index in [0.717, 1.165) is 17.2 Å². The largest absolute Gasteiger partial charge is 0.493 e. The number of hydrogen-bond donors (Lipinski definition) is 0. The zero-order chi connectivity index (χ0) is 26.0. The minimum Gasteiger partial charge on any atom is -0.493 e. The van der Waals surface area contributed by atoms with Crippen molar-refractivity contribution in [2.75, 3.05) is 35.0 Å². The van der Waals surface area contributed by atoms with Gasteiger partial charge < -0.3 is 23.8 Å². The predicted octanol–water partition coefficient (Wildman–Crippen LogP) is 5.53. The summed E-state index contributed by atoms with van der Waals surface area (Å²) in [5.41, 5.74) is 0.904. The Kier molecular flexibility index (Phi) is 7.01. The number of nitrogens with zero attached hydrogens (tertiary/aromatic N) is 1. The summed E-state index contributed by atoms with van der Waals surface area (Å²) in [6.07, 6.45) is -4.24. The number of methoxy groups -OCH3 is 4. The molecule has 0 N–H and O–H groups in total. The molecule has 0 spiro atoms. The van der Waals surface area contributed by atoms with E-state index in [9.17, 15) is 18.0 Å². The number of fused-ring (bicyclic) bond motifs is 1. The predicted molar refractivity (Wildman–Crippen MR) is 127 cm³/mol. The van der Waals surface area contributed by atoms with Crippen LogP contribution in [0, 0.1) is 0 Å². The summed E-state index contributed by atoms with van der Waals surface area (Å²) in [6.45, 7) is 0.201. The van der Waals surface area contributed by atoms with Crippen LogP contribution >= 0.6 is 0 Å². The molecule has 0 bridgehead atoms. The molecule has 0 saturated heterocycles. The van der Waals surface area contributed by atoms with E-state index in [1.807, 2.05) is 6.07 Å². The molecule has 0 radical (unpaired) electrons. The van der Waals surface area contributed by atoms with Crippen LogP contribution in [-0.4, -0.2) is 45.8 Å². The third-order valence-electron chi connectivity index (χ3n) is 6.32. The minimum atomic E-state index is -4.67. The van der Waals surface area contributed by atoms with Gasteiger partial charge in [-0.05, 0) is 59.5 Å². The van der Waals surface area contributed by atoms with Crippen molar-refractivity contribution in [3.05, 3.63) is 82.4 Å². The molecule has 1 aliphatic heterocycles. The third-order valence-corrected chi connectivity index (χ3v) is 6.32. The highest BCUT2D eigenvalue weighted by atomic mass is 19.4. The van der Waals surface area contributed by atoms with Gasteiger partial charge in [-0.3, -0.25) is 4.79 Å². The van der Waals surface area contributed by atoms with Crippen LogP contribution in [0.5, 0.6) is 23.0 Å². The Balaban J connectivity index is 1.91. The van der Waals surface area contributed by atoms with Gasteiger partial charge in [0.05, 0.1) is 45.6 Å². The Morgan fingerprint density at radius 1 is 0.833 bits per heavy atom. The molecule has 1 aliphatic rings. The third kappa shape index (κ3) is 4.53. The van der Waals surface area contributed by atoms with Crippen molar-refractivity contribution in [2.45, 2.75) is 18.6 Å². The van der Waals surface area contributed by atoms with Crippen molar-refractivity contribution in [3.63, 3.8) is 0 Å². The second kappa shape index (κ2) is 10.0. The summed E-state index contributed by atoms with van der Waals surface area (Å²) in [6, 6.07) is 12.9. The minimum absolute atomic E-state index is 0.201. The first-order valence-corrected chi connectivity index (χ1v) is 11.2. The van der Waals surface area contributed by atoms with Crippen LogP contribution in [-0.2, 0) is 12.6 Å². The number of carbonyl (C=O) groups is 1. The highest BCUT2D eigenvalue weighted by molar-refractivity contribution is 5.96. The lowest BCUT2D eigenvalue weighted by atomic mass is 9.86. The number of hydrogen-bond acceptors (Lipinski definition) is 5. The van der Waals surface area contributed by atoms with E-state index in [-0.39, 0.29) is 6.54 Å². The fourth-order valence-electron chi connectivity index (χ4n) is 4.62. The lowest BCUT2D eigenvalue weighted by Gasteiger charge is -2.38. The second-order valence-electron chi connectivity index (χ2n) is 8.21. The normalized spacial score (nSPS) is 15.2. The van der Waals surface area contributed by atoms with Crippen molar-refractivity contribution in [1.29, 1.82) is 0 Å². The molecular weight excluding hydrogens is 475 g/mol. The number of alkyl halides is 3. The molecular formula is C27H26F3NO5. The monoisotopic (exact) mass is 501 g/mol.